The van der Waals surface area contributed by atoms with Crippen molar-refractivity contribution in [2.45, 2.75) is 50.9 Å². The Bertz CT molecular complexity index is 822. The van der Waals surface area contributed by atoms with Gasteiger partial charge in [-0.3, -0.25) is 9.36 Å². The van der Waals surface area contributed by atoms with Crippen molar-refractivity contribution in [3.05, 3.63) is 31.9 Å². The van der Waals surface area contributed by atoms with Gasteiger partial charge in [-0.15, -0.1) is 11.3 Å². The highest BCUT2D eigenvalue weighted by Gasteiger charge is 2.22. The summed E-state index contributed by atoms with van der Waals surface area (Å²) >= 11 is 6.55. The zero-order valence-corrected chi connectivity index (χ0v) is 17.2. The van der Waals surface area contributed by atoms with Gasteiger partial charge in [0.15, 0.2) is 5.16 Å². The molecule has 0 saturated carbocycles. The number of rotatable bonds is 6. The molecule has 0 N–H and O–H groups in total. The Kier molecular flexibility index (Phi) is 5.85. The molecule has 1 fully saturated rings. The zero-order valence-electron chi connectivity index (χ0n) is 13.9. The third-order valence-corrected chi connectivity index (χ3v) is 6.95. The van der Waals surface area contributed by atoms with E-state index in [0.29, 0.717) is 12.3 Å². The Morgan fingerprint density at radius 3 is 3.00 bits per heavy atom. The Morgan fingerprint density at radius 2 is 2.38 bits per heavy atom. The number of aryl methyl sites for hydroxylation is 2. The second kappa shape index (κ2) is 7.72. The Hall–Kier alpha value is -0.630. The summed E-state index contributed by atoms with van der Waals surface area (Å²) in [4.78, 5) is 20.0. The first kappa shape index (κ1) is 18.2. The predicted octanol–water partition coefficient (Wildman–Crippen LogP) is 4.51. The van der Waals surface area contributed by atoms with Gasteiger partial charge in [0, 0.05) is 17.2 Å². The van der Waals surface area contributed by atoms with Crippen molar-refractivity contribution in [2.75, 3.05) is 12.4 Å². The number of halogens is 1. The standard InChI is InChI=1S/C17H21BrN2O2S2/c1-4-13-11(3)24-15-14(13)16(21)20(8-12-6-5-7-22-12)17(19-15)23-9-10(2)18/h12H,2,4-9H2,1,3H3/t12-/m1/s1. The highest BCUT2D eigenvalue weighted by atomic mass is 79.9. The van der Waals surface area contributed by atoms with Crippen LogP contribution >= 0.6 is 39.0 Å². The molecule has 2 aromatic rings. The summed E-state index contributed by atoms with van der Waals surface area (Å²) in [7, 11) is 0. The lowest BCUT2D eigenvalue weighted by atomic mass is 10.1. The van der Waals surface area contributed by atoms with Crippen LogP contribution in [-0.2, 0) is 17.7 Å². The number of ether oxygens (including phenoxy) is 1. The molecule has 7 heteroatoms. The minimum absolute atomic E-state index is 0.0689. The summed E-state index contributed by atoms with van der Waals surface area (Å²) < 4.78 is 8.45. The molecule has 2 aromatic heterocycles. The number of fused-ring (bicyclic) bond motifs is 1. The maximum Gasteiger partial charge on any atom is 0.263 e. The molecule has 1 aliphatic rings. The molecule has 3 rings (SSSR count). The highest BCUT2D eigenvalue weighted by molar-refractivity contribution is 9.11. The Labute approximate surface area is 158 Å². The van der Waals surface area contributed by atoms with Crippen LogP contribution in [0, 0.1) is 6.92 Å². The quantitative estimate of drug-likeness (QED) is 0.501. The molecular weight excluding hydrogens is 408 g/mol. The normalized spacial score (nSPS) is 17.7. The van der Waals surface area contributed by atoms with E-state index in [1.165, 1.54) is 4.88 Å². The van der Waals surface area contributed by atoms with Gasteiger partial charge in [-0.05, 0) is 36.2 Å². The van der Waals surface area contributed by atoms with Crippen molar-refractivity contribution in [1.82, 2.24) is 9.55 Å². The second-order valence-corrected chi connectivity index (χ2v) is 9.19. The van der Waals surface area contributed by atoms with Crippen LogP contribution in [0.15, 0.2) is 21.0 Å². The highest BCUT2D eigenvalue weighted by Crippen LogP contribution is 2.30. The summed E-state index contributed by atoms with van der Waals surface area (Å²) in [6.07, 6.45) is 3.03. The summed E-state index contributed by atoms with van der Waals surface area (Å²) in [5.74, 6) is 0.689. The van der Waals surface area contributed by atoms with Crippen molar-refractivity contribution in [1.29, 1.82) is 0 Å². The van der Waals surface area contributed by atoms with Crippen LogP contribution in [0.1, 0.15) is 30.2 Å². The fourth-order valence-electron chi connectivity index (χ4n) is 3.06. The molecule has 1 aliphatic heterocycles. The van der Waals surface area contributed by atoms with E-state index in [2.05, 4.69) is 36.4 Å². The lowest BCUT2D eigenvalue weighted by molar-refractivity contribution is 0.0937. The largest absolute Gasteiger partial charge is 0.376 e. The summed E-state index contributed by atoms with van der Waals surface area (Å²) in [5.41, 5.74) is 1.20. The number of hydrogen-bond acceptors (Lipinski definition) is 5. The monoisotopic (exact) mass is 428 g/mol. The SMILES string of the molecule is C=C(Br)CSc1nc2sc(C)c(CC)c2c(=O)n1C[C@H]1CCCO1. The average Bonchev–Trinajstić information content (AvgIpc) is 3.15. The number of thioether (sulfide) groups is 1. The van der Waals surface area contributed by atoms with Crippen LogP contribution in [0.5, 0.6) is 0 Å². The molecule has 1 saturated heterocycles. The lowest BCUT2D eigenvalue weighted by Gasteiger charge is -2.16. The van der Waals surface area contributed by atoms with E-state index in [1.807, 2.05) is 4.57 Å². The van der Waals surface area contributed by atoms with Crippen LogP contribution in [0.25, 0.3) is 10.2 Å². The molecule has 0 amide bonds. The van der Waals surface area contributed by atoms with Gasteiger partial charge in [0.25, 0.3) is 5.56 Å². The maximum absolute atomic E-state index is 13.2. The predicted molar refractivity (Wildman–Crippen MR) is 106 cm³/mol. The van der Waals surface area contributed by atoms with Gasteiger partial charge in [0.1, 0.15) is 4.83 Å². The molecule has 1 atom stereocenters. The van der Waals surface area contributed by atoms with Gasteiger partial charge < -0.3 is 4.74 Å². The summed E-state index contributed by atoms with van der Waals surface area (Å²) in [6, 6.07) is 0. The third kappa shape index (κ3) is 3.64. The van der Waals surface area contributed by atoms with Gasteiger partial charge in [0.05, 0.1) is 18.0 Å². The topological polar surface area (TPSA) is 44.1 Å². The zero-order chi connectivity index (χ0) is 17.3. The van der Waals surface area contributed by atoms with E-state index in [1.54, 1.807) is 23.1 Å². The molecule has 4 nitrogen and oxygen atoms in total. The van der Waals surface area contributed by atoms with Crippen LogP contribution in [0.3, 0.4) is 0 Å². The molecular formula is C17H21BrN2O2S2. The molecule has 3 heterocycles. The van der Waals surface area contributed by atoms with E-state index in [9.17, 15) is 4.79 Å². The number of aromatic nitrogens is 2. The van der Waals surface area contributed by atoms with E-state index in [0.717, 1.165) is 51.3 Å². The molecule has 24 heavy (non-hydrogen) atoms. The first-order valence-electron chi connectivity index (χ1n) is 8.11. The first-order chi connectivity index (χ1) is 11.5. The molecule has 0 radical (unpaired) electrons. The Morgan fingerprint density at radius 1 is 1.58 bits per heavy atom. The molecule has 0 aromatic carbocycles. The molecule has 130 valence electrons. The van der Waals surface area contributed by atoms with Gasteiger partial charge in [0.2, 0.25) is 0 Å². The third-order valence-electron chi connectivity index (χ3n) is 4.20. The summed E-state index contributed by atoms with van der Waals surface area (Å²) in [5, 5.41) is 1.55. The van der Waals surface area contributed by atoms with Crippen molar-refractivity contribution in [3.63, 3.8) is 0 Å². The van der Waals surface area contributed by atoms with Gasteiger partial charge in [-0.1, -0.05) is 41.2 Å². The maximum atomic E-state index is 13.2. The minimum Gasteiger partial charge on any atom is -0.376 e. The van der Waals surface area contributed by atoms with Crippen LogP contribution in [-0.4, -0.2) is 28.0 Å². The fraction of sp³-hybridized carbons (Fsp3) is 0.529. The molecule has 0 bridgehead atoms. The average molecular weight is 429 g/mol. The van der Waals surface area contributed by atoms with Gasteiger partial charge >= 0.3 is 0 Å². The number of thiophene rings is 1. The molecule has 0 unspecified atom stereocenters. The minimum atomic E-state index is 0.0689. The van der Waals surface area contributed by atoms with E-state index < -0.39 is 0 Å². The van der Waals surface area contributed by atoms with Gasteiger partial charge in [-0.2, -0.15) is 0 Å². The van der Waals surface area contributed by atoms with E-state index >= 15 is 0 Å². The second-order valence-electron chi connectivity index (χ2n) is 5.92. The van der Waals surface area contributed by atoms with E-state index in [4.69, 9.17) is 9.72 Å². The van der Waals surface area contributed by atoms with Crippen molar-refractivity contribution in [2.24, 2.45) is 0 Å². The molecule has 0 aliphatic carbocycles. The smallest absolute Gasteiger partial charge is 0.263 e. The van der Waals surface area contributed by atoms with Crippen molar-refractivity contribution >= 4 is 49.2 Å². The Balaban J connectivity index is 2.11. The van der Waals surface area contributed by atoms with Crippen molar-refractivity contribution in [3.8, 4) is 0 Å². The number of hydrogen-bond donors (Lipinski definition) is 0. The summed E-state index contributed by atoms with van der Waals surface area (Å²) in [6.45, 7) is 9.41. The van der Waals surface area contributed by atoms with Crippen molar-refractivity contribution < 1.29 is 4.74 Å². The van der Waals surface area contributed by atoms with Crippen LogP contribution in [0.4, 0.5) is 0 Å². The van der Waals surface area contributed by atoms with Crippen LogP contribution in [0.2, 0.25) is 0 Å². The fourth-order valence-corrected chi connectivity index (χ4v) is 5.32. The molecule has 0 spiro atoms. The first-order valence-corrected chi connectivity index (χ1v) is 10.7. The number of nitrogens with zero attached hydrogens (tertiary/aromatic N) is 2. The van der Waals surface area contributed by atoms with E-state index in [-0.39, 0.29) is 11.7 Å². The van der Waals surface area contributed by atoms with Gasteiger partial charge in [-0.25, -0.2) is 4.98 Å². The van der Waals surface area contributed by atoms with Crippen LogP contribution < -0.4 is 5.56 Å². The lowest BCUT2D eigenvalue weighted by Crippen LogP contribution is -2.29.